The first kappa shape index (κ1) is 17.4. The van der Waals surface area contributed by atoms with Crippen LogP contribution in [0.1, 0.15) is 32.1 Å². The highest BCUT2D eigenvalue weighted by molar-refractivity contribution is 14.0. The Morgan fingerprint density at radius 2 is 1.89 bits per heavy atom. The number of aliphatic imine (C=N–C) groups is 1. The predicted molar refractivity (Wildman–Crippen MR) is 93.6 cm³/mol. The van der Waals surface area contributed by atoms with Crippen LogP contribution in [-0.2, 0) is 4.74 Å². The zero-order chi connectivity index (χ0) is 12.8. The predicted octanol–water partition coefficient (Wildman–Crippen LogP) is 2.32. The Morgan fingerprint density at radius 3 is 2.47 bits per heavy atom. The molecule has 0 bridgehead atoms. The average Bonchev–Trinajstić information content (AvgIpc) is 2.47. The van der Waals surface area contributed by atoms with E-state index in [1.807, 2.05) is 18.9 Å². The Balaban J connectivity index is 0.00000180. The number of ether oxygens (including phenoxy) is 1. The van der Waals surface area contributed by atoms with E-state index in [0.29, 0.717) is 5.96 Å². The molecule has 0 aromatic carbocycles. The van der Waals surface area contributed by atoms with E-state index in [2.05, 4.69) is 9.89 Å². The molecule has 2 aliphatic rings. The van der Waals surface area contributed by atoms with Gasteiger partial charge in [0.2, 0.25) is 0 Å². The maximum absolute atomic E-state index is 6.09. The van der Waals surface area contributed by atoms with Gasteiger partial charge < -0.3 is 15.4 Å². The molecule has 4 nitrogen and oxygen atoms in total. The molecule has 0 amide bonds. The summed E-state index contributed by atoms with van der Waals surface area (Å²) < 4.78 is 5.73. The zero-order valence-electron chi connectivity index (χ0n) is 11.8. The van der Waals surface area contributed by atoms with Gasteiger partial charge in [0.1, 0.15) is 0 Å². The van der Waals surface area contributed by atoms with Crippen molar-refractivity contribution in [2.75, 3.05) is 38.2 Å². The smallest absolute Gasteiger partial charge is 0.191 e. The van der Waals surface area contributed by atoms with Gasteiger partial charge in [0.25, 0.3) is 0 Å². The van der Waals surface area contributed by atoms with Crippen molar-refractivity contribution in [1.82, 2.24) is 4.90 Å². The maximum atomic E-state index is 6.09. The number of rotatable bonds is 3. The van der Waals surface area contributed by atoms with Crippen LogP contribution in [0.25, 0.3) is 0 Å². The lowest BCUT2D eigenvalue weighted by molar-refractivity contribution is -0.0309. The SMILES string of the molecule is COC1(CN=C(N)N2CCSCC2)CCCCC1.I. The molecule has 2 N–H and O–H groups in total. The van der Waals surface area contributed by atoms with Gasteiger partial charge in [-0.15, -0.1) is 24.0 Å². The molecule has 0 atom stereocenters. The number of methoxy groups -OCH3 is 1. The number of guanidine groups is 1. The molecule has 1 aliphatic carbocycles. The fourth-order valence-electron chi connectivity index (χ4n) is 2.74. The van der Waals surface area contributed by atoms with Gasteiger partial charge in [-0.1, -0.05) is 19.3 Å². The minimum Gasteiger partial charge on any atom is -0.376 e. The van der Waals surface area contributed by atoms with E-state index in [1.54, 1.807) is 0 Å². The number of nitrogens with two attached hydrogens (primary N) is 1. The van der Waals surface area contributed by atoms with Crippen LogP contribution in [0.3, 0.4) is 0 Å². The molecule has 1 saturated carbocycles. The maximum Gasteiger partial charge on any atom is 0.191 e. The molecule has 6 heteroatoms. The van der Waals surface area contributed by atoms with E-state index >= 15 is 0 Å². The van der Waals surface area contributed by atoms with Crippen LogP contribution in [0.5, 0.6) is 0 Å². The lowest BCUT2D eigenvalue weighted by Crippen LogP contribution is -2.44. The van der Waals surface area contributed by atoms with E-state index in [1.165, 1.54) is 19.3 Å². The van der Waals surface area contributed by atoms with Crippen molar-refractivity contribution in [2.24, 2.45) is 10.7 Å². The first-order valence-electron chi connectivity index (χ1n) is 6.93. The third kappa shape index (κ3) is 4.97. The van der Waals surface area contributed by atoms with E-state index < -0.39 is 0 Å². The molecule has 0 radical (unpaired) electrons. The minimum atomic E-state index is -0.0482. The lowest BCUT2D eigenvalue weighted by atomic mass is 9.85. The number of hydrogen-bond donors (Lipinski definition) is 1. The summed E-state index contributed by atoms with van der Waals surface area (Å²) in [5.74, 6) is 3.02. The Morgan fingerprint density at radius 1 is 1.26 bits per heavy atom. The second-order valence-corrected chi connectivity index (χ2v) is 6.45. The molecule has 1 heterocycles. The van der Waals surface area contributed by atoms with E-state index in [9.17, 15) is 0 Å². The summed E-state index contributed by atoms with van der Waals surface area (Å²) in [6, 6.07) is 0. The number of thioether (sulfide) groups is 1. The first-order chi connectivity index (χ1) is 8.76. The summed E-state index contributed by atoms with van der Waals surface area (Å²) in [6.07, 6.45) is 6.08. The highest BCUT2D eigenvalue weighted by Crippen LogP contribution is 2.31. The molecule has 1 saturated heterocycles. The van der Waals surface area contributed by atoms with Crippen LogP contribution in [0.2, 0.25) is 0 Å². The van der Waals surface area contributed by atoms with Crippen LogP contribution in [-0.4, -0.2) is 54.7 Å². The van der Waals surface area contributed by atoms with Crippen molar-refractivity contribution in [2.45, 2.75) is 37.7 Å². The largest absolute Gasteiger partial charge is 0.376 e. The van der Waals surface area contributed by atoms with Crippen LogP contribution in [0.15, 0.2) is 4.99 Å². The molecule has 0 aromatic heterocycles. The fourth-order valence-corrected chi connectivity index (χ4v) is 3.64. The number of hydrogen-bond acceptors (Lipinski definition) is 3. The molecule has 19 heavy (non-hydrogen) atoms. The number of nitrogens with zero attached hydrogens (tertiary/aromatic N) is 2. The van der Waals surface area contributed by atoms with Gasteiger partial charge in [0.05, 0.1) is 12.1 Å². The van der Waals surface area contributed by atoms with Gasteiger partial charge in [-0.2, -0.15) is 11.8 Å². The van der Waals surface area contributed by atoms with Gasteiger partial charge in [-0.05, 0) is 12.8 Å². The summed E-state index contributed by atoms with van der Waals surface area (Å²) in [4.78, 5) is 6.80. The Kier molecular flexibility index (Phi) is 7.83. The van der Waals surface area contributed by atoms with Crippen molar-refractivity contribution in [3.63, 3.8) is 0 Å². The monoisotopic (exact) mass is 399 g/mol. The average molecular weight is 399 g/mol. The third-order valence-electron chi connectivity index (χ3n) is 4.06. The standard InChI is InChI=1S/C13H25N3OS.HI/c1-17-13(5-3-2-4-6-13)11-15-12(14)16-7-9-18-10-8-16;/h2-11H2,1H3,(H2,14,15);1H. The van der Waals surface area contributed by atoms with Crippen molar-refractivity contribution >= 4 is 41.7 Å². The normalized spacial score (nSPS) is 23.8. The Bertz CT molecular complexity index is 290. The van der Waals surface area contributed by atoms with Crippen LogP contribution in [0.4, 0.5) is 0 Å². The molecule has 0 unspecified atom stereocenters. The third-order valence-corrected chi connectivity index (χ3v) is 5.00. The Labute approximate surface area is 137 Å². The van der Waals surface area contributed by atoms with Crippen LogP contribution >= 0.6 is 35.7 Å². The van der Waals surface area contributed by atoms with E-state index in [0.717, 1.165) is 44.0 Å². The minimum absolute atomic E-state index is 0. The molecular weight excluding hydrogens is 373 g/mol. The van der Waals surface area contributed by atoms with Crippen molar-refractivity contribution in [1.29, 1.82) is 0 Å². The Hall–Kier alpha value is 0.310. The van der Waals surface area contributed by atoms with E-state index in [-0.39, 0.29) is 29.6 Å². The molecular formula is C13H26IN3OS. The molecule has 0 spiro atoms. The molecule has 1 aliphatic heterocycles. The summed E-state index contributed by atoms with van der Waals surface area (Å²) >= 11 is 1.99. The summed E-state index contributed by atoms with van der Waals surface area (Å²) in [5, 5.41) is 0. The van der Waals surface area contributed by atoms with E-state index in [4.69, 9.17) is 10.5 Å². The lowest BCUT2D eigenvalue weighted by Gasteiger charge is -2.35. The van der Waals surface area contributed by atoms with Crippen LogP contribution < -0.4 is 5.73 Å². The molecule has 2 fully saturated rings. The van der Waals surface area contributed by atoms with Gasteiger partial charge in [-0.25, -0.2) is 0 Å². The van der Waals surface area contributed by atoms with Crippen LogP contribution in [0, 0.1) is 0 Å². The molecule has 112 valence electrons. The second-order valence-electron chi connectivity index (χ2n) is 5.22. The topological polar surface area (TPSA) is 50.9 Å². The number of halogens is 1. The van der Waals surface area contributed by atoms with Crippen molar-refractivity contribution in [3.05, 3.63) is 0 Å². The van der Waals surface area contributed by atoms with Gasteiger partial charge >= 0.3 is 0 Å². The zero-order valence-corrected chi connectivity index (χ0v) is 14.9. The second kappa shape index (κ2) is 8.56. The summed E-state index contributed by atoms with van der Waals surface area (Å²) in [7, 11) is 1.81. The van der Waals surface area contributed by atoms with Gasteiger partial charge in [0.15, 0.2) is 5.96 Å². The fraction of sp³-hybridized carbons (Fsp3) is 0.923. The van der Waals surface area contributed by atoms with Gasteiger partial charge in [-0.3, -0.25) is 4.99 Å². The van der Waals surface area contributed by atoms with Crippen molar-refractivity contribution < 1.29 is 4.74 Å². The highest BCUT2D eigenvalue weighted by atomic mass is 127. The van der Waals surface area contributed by atoms with Crippen molar-refractivity contribution in [3.8, 4) is 0 Å². The molecule has 2 rings (SSSR count). The highest BCUT2D eigenvalue weighted by Gasteiger charge is 2.31. The first-order valence-corrected chi connectivity index (χ1v) is 8.09. The quantitative estimate of drug-likeness (QED) is 0.450. The molecule has 0 aromatic rings. The summed E-state index contributed by atoms with van der Waals surface area (Å²) in [5.41, 5.74) is 6.04. The van der Waals surface area contributed by atoms with Gasteiger partial charge in [0, 0.05) is 31.7 Å². The summed E-state index contributed by atoms with van der Waals surface area (Å²) in [6.45, 7) is 2.78.